The van der Waals surface area contributed by atoms with Crippen molar-refractivity contribution in [2.45, 2.75) is 32.4 Å². The largest absolute Gasteiger partial charge is 0.349 e. The summed E-state index contributed by atoms with van der Waals surface area (Å²) in [5.41, 5.74) is 1.91. The van der Waals surface area contributed by atoms with Crippen LogP contribution in [0.4, 0.5) is 0 Å². The Morgan fingerprint density at radius 3 is 2.79 bits per heavy atom. The molecule has 0 radical (unpaired) electrons. The van der Waals surface area contributed by atoms with Gasteiger partial charge >= 0.3 is 0 Å². The predicted molar refractivity (Wildman–Crippen MR) is 113 cm³/mol. The van der Waals surface area contributed by atoms with E-state index in [-0.39, 0.29) is 11.8 Å². The minimum atomic E-state index is -0.401. The van der Waals surface area contributed by atoms with Gasteiger partial charge in [-0.3, -0.25) is 9.59 Å². The molecule has 1 fully saturated rings. The molecule has 1 aliphatic rings. The van der Waals surface area contributed by atoms with Crippen molar-refractivity contribution >= 4 is 34.5 Å². The van der Waals surface area contributed by atoms with Crippen LogP contribution < -0.4 is 5.32 Å². The maximum Gasteiger partial charge on any atom is 0.264 e. The molecule has 1 unspecified atom stereocenters. The molecule has 3 heterocycles. The number of carbonyl (C=O) groups is 2. The van der Waals surface area contributed by atoms with Gasteiger partial charge in [0.05, 0.1) is 17.1 Å². The van der Waals surface area contributed by atoms with Crippen LogP contribution >= 0.6 is 22.7 Å². The maximum absolute atomic E-state index is 12.8. The lowest BCUT2D eigenvalue weighted by Crippen LogP contribution is -2.45. The number of aromatic nitrogens is 1. The summed E-state index contributed by atoms with van der Waals surface area (Å²) in [6.45, 7) is 2.98. The lowest BCUT2D eigenvalue weighted by Gasteiger charge is -2.23. The highest BCUT2D eigenvalue weighted by atomic mass is 32.1. The number of benzene rings is 1. The molecule has 0 saturated carbocycles. The van der Waals surface area contributed by atoms with Crippen LogP contribution in [0.3, 0.4) is 0 Å². The van der Waals surface area contributed by atoms with E-state index in [4.69, 9.17) is 0 Å². The SMILES string of the molecule is Cc1ccc(C(=O)N2CCCC2C(=O)NCc2csc(-c3ccccc3)n2)s1. The van der Waals surface area contributed by atoms with Gasteiger partial charge in [-0.05, 0) is 31.9 Å². The van der Waals surface area contributed by atoms with Crippen LogP contribution in [0.25, 0.3) is 10.6 Å². The van der Waals surface area contributed by atoms with E-state index < -0.39 is 6.04 Å². The average Bonchev–Trinajstić information content (AvgIpc) is 3.46. The van der Waals surface area contributed by atoms with Crippen LogP contribution in [0, 0.1) is 6.92 Å². The van der Waals surface area contributed by atoms with Crippen molar-refractivity contribution in [2.24, 2.45) is 0 Å². The molecule has 1 atom stereocenters. The first-order valence-corrected chi connectivity index (χ1v) is 11.0. The summed E-state index contributed by atoms with van der Waals surface area (Å²) in [6, 6.07) is 13.4. The van der Waals surface area contributed by atoms with Crippen LogP contribution in [-0.2, 0) is 11.3 Å². The molecular formula is C21H21N3O2S2. The Kier molecular flexibility index (Phi) is 5.54. The third-order valence-corrected chi connectivity index (χ3v) is 6.71. The first kappa shape index (κ1) is 18.8. The Hall–Kier alpha value is -2.51. The number of thiazole rings is 1. The number of likely N-dealkylation sites (tertiary alicyclic amines) is 1. The fourth-order valence-corrected chi connectivity index (χ4v) is 5.02. The number of aryl methyl sites for hydroxylation is 1. The number of thiophene rings is 1. The maximum atomic E-state index is 12.8. The first-order valence-electron chi connectivity index (χ1n) is 9.27. The molecule has 1 saturated heterocycles. The zero-order valence-corrected chi connectivity index (χ0v) is 17.2. The fourth-order valence-electron chi connectivity index (χ4n) is 3.37. The third-order valence-electron chi connectivity index (χ3n) is 4.78. The van der Waals surface area contributed by atoms with Gasteiger partial charge < -0.3 is 10.2 Å². The molecule has 0 spiro atoms. The quantitative estimate of drug-likeness (QED) is 0.687. The molecule has 0 aliphatic carbocycles. The van der Waals surface area contributed by atoms with E-state index in [1.807, 2.05) is 54.8 Å². The van der Waals surface area contributed by atoms with Crippen LogP contribution in [0.2, 0.25) is 0 Å². The predicted octanol–water partition coefficient (Wildman–Crippen LogP) is 4.10. The summed E-state index contributed by atoms with van der Waals surface area (Å²) < 4.78 is 0. The molecule has 7 heteroatoms. The van der Waals surface area contributed by atoms with Gasteiger partial charge in [-0.15, -0.1) is 22.7 Å². The van der Waals surface area contributed by atoms with Gasteiger partial charge in [0, 0.05) is 22.4 Å². The lowest BCUT2D eigenvalue weighted by molar-refractivity contribution is -0.125. The van der Waals surface area contributed by atoms with Gasteiger partial charge in [0.1, 0.15) is 11.0 Å². The van der Waals surface area contributed by atoms with E-state index in [9.17, 15) is 9.59 Å². The lowest BCUT2D eigenvalue weighted by atomic mass is 10.2. The van der Waals surface area contributed by atoms with Crippen molar-refractivity contribution in [1.82, 2.24) is 15.2 Å². The molecule has 0 bridgehead atoms. The number of nitrogens with one attached hydrogen (secondary N) is 1. The van der Waals surface area contributed by atoms with Gasteiger partial charge in [-0.2, -0.15) is 0 Å². The summed E-state index contributed by atoms with van der Waals surface area (Å²) in [5.74, 6) is -0.149. The Bertz CT molecular complexity index is 980. The van der Waals surface area contributed by atoms with Crippen molar-refractivity contribution in [1.29, 1.82) is 0 Å². The van der Waals surface area contributed by atoms with E-state index in [0.717, 1.165) is 27.6 Å². The standard InChI is InChI=1S/C21H21N3O2S2/c1-14-9-10-18(28-14)21(26)24-11-5-8-17(24)19(25)22-12-16-13-27-20(23-16)15-6-3-2-4-7-15/h2-4,6-7,9-10,13,17H,5,8,11-12H2,1H3,(H,22,25). The minimum absolute atomic E-state index is 0.0456. The van der Waals surface area contributed by atoms with Crippen LogP contribution in [0.15, 0.2) is 47.8 Å². The number of hydrogen-bond donors (Lipinski definition) is 1. The zero-order valence-electron chi connectivity index (χ0n) is 15.6. The van der Waals surface area contributed by atoms with Crippen LogP contribution in [0.5, 0.6) is 0 Å². The highest BCUT2D eigenvalue weighted by Crippen LogP contribution is 2.25. The van der Waals surface area contributed by atoms with E-state index in [1.54, 1.807) is 16.2 Å². The van der Waals surface area contributed by atoms with E-state index >= 15 is 0 Å². The fraction of sp³-hybridized carbons (Fsp3) is 0.286. The third kappa shape index (κ3) is 4.00. The average molecular weight is 412 g/mol. The minimum Gasteiger partial charge on any atom is -0.349 e. The van der Waals surface area contributed by atoms with Gasteiger partial charge in [0.15, 0.2) is 0 Å². The van der Waals surface area contributed by atoms with E-state index in [2.05, 4.69) is 10.3 Å². The molecule has 1 aliphatic heterocycles. The van der Waals surface area contributed by atoms with Gasteiger partial charge in [-0.25, -0.2) is 4.98 Å². The second kappa shape index (κ2) is 8.24. The van der Waals surface area contributed by atoms with Crippen LogP contribution in [-0.4, -0.2) is 34.3 Å². The Balaban J connectivity index is 1.38. The number of hydrogen-bond acceptors (Lipinski definition) is 5. The van der Waals surface area contributed by atoms with Crippen molar-refractivity contribution < 1.29 is 9.59 Å². The molecular weight excluding hydrogens is 390 g/mol. The molecule has 1 aromatic carbocycles. The highest BCUT2D eigenvalue weighted by Gasteiger charge is 2.34. The molecule has 2 amide bonds. The molecule has 1 N–H and O–H groups in total. The summed E-state index contributed by atoms with van der Waals surface area (Å²) in [6.07, 6.45) is 1.55. The summed E-state index contributed by atoms with van der Waals surface area (Å²) in [7, 11) is 0. The topological polar surface area (TPSA) is 62.3 Å². The van der Waals surface area contributed by atoms with Crippen molar-refractivity contribution in [2.75, 3.05) is 6.54 Å². The van der Waals surface area contributed by atoms with Gasteiger partial charge in [-0.1, -0.05) is 30.3 Å². The zero-order chi connectivity index (χ0) is 19.5. The molecule has 2 aromatic heterocycles. The second-order valence-electron chi connectivity index (χ2n) is 6.79. The van der Waals surface area contributed by atoms with Crippen LogP contribution in [0.1, 0.15) is 33.1 Å². The Morgan fingerprint density at radius 1 is 1.21 bits per heavy atom. The molecule has 28 heavy (non-hydrogen) atoms. The van der Waals surface area contributed by atoms with Crippen molar-refractivity contribution in [3.63, 3.8) is 0 Å². The number of amides is 2. The van der Waals surface area contributed by atoms with E-state index in [1.165, 1.54) is 11.3 Å². The number of carbonyl (C=O) groups excluding carboxylic acids is 2. The molecule has 3 aromatic rings. The van der Waals surface area contributed by atoms with Crippen molar-refractivity contribution in [3.05, 3.63) is 63.3 Å². The van der Waals surface area contributed by atoms with Gasteiger partial charge in [0.25, 0.3) is 5.91 Å². The highest BCUT2D eigenvalue weighted by molar-refractivity contribution is 7.14. The molecule has 5 nitrogen and oxygen atoms in total. The molecule has 144 valence electrons. The number of nitrogens with zero attached hydrogens (tertiary/aromatic N) is 2. The first-order chi connectivity index (χ1) is 13.6. The summed E-state index contributed by atoms with van der Waals surface area (Å²) >= 11 is 3.04. The summed E-state index contributed by atoms with van der Waals surface area (Å²) in [4.78, 5) is 33.6. The number of rotatable bonds is 5. The second-order valence-corrected chi connectivity index (χ2v) is 8.94. The van der Waals surface area contributed by atoms with E-state index in [0.29, 0.717) is 24.4 Å². The normalized spacial score (nSPS) is 16.3. The summed E-state index contributed by atoms with van der Waals surface area (Å²) in [5, 5.41) is 5.87. The van der Waals surface area contributed by atoms with Gasteiger partial charge in [0.2, 0.25) is 5.91 Å². The molecule has 4 rings (SSSR count). The Morgan fingerprint density at radius 2 is 2.04 bits per heavy atom. The van der Waals surface area contributed by atoms with Crippen molar-refractivity contribution in [3.8, 4) is 10.6 Å². The smallest absolute Gasteiger partial charge is 0.264 e. The monoisotopic (exact) mass is 411 g/mol. The Labute approximate surface area is 172 Å².